The lowest BCUT2D eigenvalue weighted by Gasteiger charge is -2.24. The van der Waals surface area contributed by atoms with Gasteiger partial charge in [0.1, 0.15) is 0 Å². The minimum absolute atomic E-state index is 0. The maximum atomic E-state index is 11.4. The summed E-state index contributed by atoms with van der Waals surface area (Å²) in [7, 11) is 3.63. The Kier molecular flexibility index (Phi) is 8.83. The standard InChI is InChI=1S/C8H16N2O.2ClH/c1-10(2)8(11)7-4-3-5-9-6-7;;/h7,9H,3-6H2,1-2H3;2*1H. The molecule has 0 aliphatic carbocycles. The highest BCUT2D eigenvalue weighted by Gasteiger charge is 2.21. The number of hydrogen-bond donors (Lipinski definition) is 1. The molecule has 1 N–H and O–H groups in total. The largest absolute Gasteiger partial charge is 0.349 e. The maximum absolute atomic E-state index is 11.4. The number of piperidine rings is 1. The van der Waals surface area contributed by atoms with E-state index in [-0.39, 0.29) is 36.6 Å². The third kappa shape index (κ3) is 4.69. The normalized spacial score (nSPS) is 20.9. The summed E-state index contributed by atoms with van der Waals surface area (Å²) < 4.78 is 0. The second-order valence-electron chi connectivity index (χ2n) is 3.28. The van der Waals surface area contributed by atoms with Crippen LogP contribution in [0.4, 0.5) is 0 Å². The summed E-state index contributed by atoms with van der Waals surface area (Å²) in [6.45, 7) is 1.92. The Balaban J connectivity index is 0. The molecule has 80 valence electrons. The van der Waals surface area contributed by atoms with Gasteiger partial charge in [-0.05, 0) is 19.4 Å². The van der Waals surface area contributed by atoms with Gasteiger partial charge in [-0.25, -0.2) is 0 Å². The number of carbonyl (C=O) groups is 1. The van der Waals surface area contributed by atoms with Gasteiger partial charge >= 0.3 is 0 Å². The molecule has 0 spiro atoms. The average Bonchev–Trinajstić information content (AvgIpc) is 2.05. The van der Waals surface area contributed by atoms with Crippen LogP contribution in [-0.4, -0.2) is 38.0 Å². The fourth-order valence-electron chi connectivity index (χ4n) is 1.43. The summed E-state index contributed by atoms with van der Waals surface area (Å²) in [5, 5.41) is 3.22. The summed E-state index contributed by atoms with van der Waals surface area (Å²) in [6, 6.07) is 0. The molecule has 0 aromatic carbocycles. The molecule has 5 heteroatoms. The smallest absolute Gasteiger partial charge is 0.226 e. The number of halogens is 2. The van der Waals surface area contributed by atoms with Crippen LogP contribution in [0.3, 0.4) is 0 Å². The molecule has 1 heterocycles. The first kappa shape index (κ1) is 15.5. The molecule has 1 unspecified atom stereocenters. The summed E-state index contributed by atoms with van der Waals surface area (Å²) in [5.41, 5.74) is 0. The molecular formula is C8H18Cl2N2O. The fraction of sp³-hybridized carbons (Fsp3) is 0.875. The van der Waals surface area contributed by atoms with Gasteiger partial charge in [0.05, 0.1) is 5.92 Å². The highest BCUT2D eigenvalue weighted by molar-refractivity contribution is 5.85. The number of nitrogens with zero attached hydrogens (tertiary/aromatic N) is 1. The second-order valence-corrected chi connectivity index (χ2v) is 3.28. The SMILES string of the molecule is CN(C)C(=O)C1CCCNC1.Cl.Cl. The molecule has 13 heavy (non-hydrogen) atoms. The Labute approximate surface area is 92.1 Å². The molecule has 0 radical (unpaired) electrons. The zero-order valence-electron chi connectivity index (χ0n) is 8.08. The number of nitrogens with one attached hydrogen (secondary N) is 1. The molecule has 1 amide bonds. The minimum Gasteiger partial charge on any atom is -0.349 e. The first-order valence-electron chi connectivity index (χ1n) is 4.13. The van der Waals surface area contributed by atoms with Crippen LogP contribution in [0.5, 0.6) is 0 Å². The van der Waals surface area contributed by atoms with E-state index in [9.17, 15) is 4.79 Å². The van der Waals surface area contributed by atoms with Crippen LogP contribution in [0, 0.1) is 5.92 Å². The Morgan fingerprint density at radius 2 is 2.00 bits per heavy atom. The molecule has 0 aromatic heterocycles. The Bertz CT molecular complexity index is 147. The van der Waals surface area contributed by atoms with Gasteiger partial charge in [-0.3, -0.25) is 4.79 Å². The first-order valence-corrected chi connectivity index (χ1v) is 4.13. The fourth-order valence-corrected chi connectivity index (χ4v) is 1.43. The van der Waals surface area contributed by atoms with Crippen molar-refractivity contribution in [2.75, 3.05) is 27.2 Å². The van der Waals surface area contributed by atoms with Crippen LogP contribution in [0.1, 0.15) is 12.8 Å². The third-order valence-corrected chi connectivity index (χ3v) is 2.09. The van der Waals surface area contributed by atoms with Crippen molar-refractivity contribution in [3.8, 4) is 0 Å². The van der Waals surface area contributed by atoms with E-state index in [1.165, 1.54) is 0 Å². The van der Waals surface area contributed by atoms with Gasteiger partial charge in [0.2, 0.25) is 5.91 Å². The van der Waals surface area contributed by atoms with Crippen LogP contribution >= 0.6 is 24.8 Å². The third-order valence-electron chi connectivity index (χ3n) is 2.09. The van der Waals surface area contributed by atoms with Crippen LogP contribution in [0.15, 0.2) is 0 Å². The van der Waals surface area contributed by atoms with E-state index in [4.69, 9.17) is 0 Å². The monoisotopic (exact) mass is 228 g/mol. The lowest BCUT2D eigenvalue weighted by molar-refractivity contribution is -0.133. The Morgan fingerprint density at radius 1 is 1.38 bits per heavy atom. The van der Waals surface area contributed by atoms with E-state index in [2.05, 4.69) is 5.32 Å². The molecule has 0 bridgehead atoms. The first-order chi connectivity index (χ1) is 5.22. The van der Waals surface area contributed by atoms with Crippen LogP contribution in [-0.2, 0) is 4.79 Å². The maximum Gasteiger partial charge on any atom is 0.226 e. The van der Waals surface area contributed by atoms with Crippen molar-refractivity contribution >= 4 is 30.7 Å². The zero-order valence-corrected chi connectivity index (χ0v) is 9.71. The van der Waals surface area contributed by atoms with E-state index < -0.39 is 0 Å². The molecular weight excluding hydrogens is 211 g/mol. The van der Waals surface area contributed by atoms with Gasteiger partial charge in [0.25, 0.3) is 0 Å². The number of hydrogen-bond acceptors (Lipinski definition) is 2. The summed E-state index contributed by atoms with van der Waals surface area (Å²) in [4.78, 5) is 13.1. The molecule has 1 saturated heterocycles. The average molecular weight is 229 g/mol. The topological polar surface area (TPSA) is 32.3 Å². The summed E-state index contributed by atoms with van der Waals surface area (Å²) in [5.74, 6) is 0.482. The van der Waals surface area contributed by atoms with Crippen molar-refractivity contribution in [2.24, 2.45) is 5.92 Å². The second kappa shape index (κ2) is 7.42. The van der Waals surface area contributed by atoms with Crippen LogP contribution in [0.2, 0.25) is 0 Å². The summed E-state index contributed by atoms with van der Waals surface area (Å²) >= 11 is 0. The molecule has 1 aliphatic rings. The Hall–Kier alpha value is 0.01000. The van der Waals surface area contributed by atoms with Crippen molar-refractivity contribution in [1.82, 2.24) is 10.2 Å². The molecule has 0 saturated carbocycles. The van der Waals surface area contributed by atoms with Crippen molar-refractivity contribution in [3.05, 3.63) is 0 Å². The van der Waals surface area contributed by atoms with Gasteiger partial charge < -0.3 is 10.2 Å². The van der Waals surface area contributed by atoms with Crippen LogP contribution in [0.25, 0.3) is 0 Å². The van der Waals surface area contributed by atoms with Gasteiger partial charge in [0.15, 0.2) is 0 Å². The zero-order chi connectivity index (χ0) is 8.27. The lowest BCUT2D eigenvalue weighted by Crippen LogP contribution is -2.39. The van der Waals surface area contributed by atoms with Gasteiger partial charge in [0, 0.05) is 20.6 Å². The number of amides is 1. The van der Waals surface area contributed by atoms with Crippen molar-refractivity contribution < 1.29 is 4.79 Å². The van der Waals surface area contributed by atoms with E-state index in [1.807, 2.05) is 14.1 Å². The van der Waals surface area contributed by atoms with E-state index >= 15 is 0 Å². The van der Waals surface area contributed by atoms with Crippen molar-refractivity contribution in [3.63, 3.8) is 0 Å². The highest BCUT2D eigenvalue weighted by atomic mass is 35.5. The van der Waals surface area contributed by atoms with E-state index in [0.29, 0.717) is 0 Å². The quantitative estimate of drug-likeness (QED) is 0.725. The molecule has 3 nitrogen and oxygen atoms in total. The van der Waals surface area contributed by atoms with Gasteiger partial charge in [-0.2, -0.15) is 0 Å². The lowest BCUT2D eigenvalue weighted by atomic mass is 9.98. The molecule has 1 fully saturated rings. The predicted molar refractivity (Wildman–Crippen MR) is 58.8 cm³/mol. The Morgan fingerprint density at radius 3 is 2.38 bits per heavy atom. The summed E-state index contributed by atoms with van der Waals surface area (Å²) in [6.07, 6.45) is 2.17. The molecule has 1 aliphatic heterocycles. The van der Waals surface area contributed by atoms with Crippen molar-refractivity contribution in [1.29, 1.82) is 0 Å². The highest BCUT2D eigenvalue weighted by Crippen LogP contribution is 2.11. The van der Waals surface area contributed by atoms with Gasteiger partial charge in [-0.1, -0.05) is 0 Å². The molecule has 1 rings (SSSR count). The van der Waals surface area contributed by atoms with Crippen molar-refractivity contribution in [2.45, 2.75) is 12.8 Å². The van der Waals surface area contributed by atoms with Gasteiger partial charge in [-0.15, -0.1) is 24.8 Å². The predicted octanol–water partition coefficient (Wildman–Crippen LogP) is 0.918. The molecule has 1 atom stereocenters. The number of rotatable bonds is 1. The van der Waals surface area contributed by atoms with Crippen LogP contribution < -0.4 is 5.32 Å². The number of carbonyl (C=O) groups excluding carboxylic acids is 1. The molecule has 0 aromatic rings. The van der Waals surface area contributed by atoms with E-state index in [0.717, 1.165) is 25.9 Å². The minimum atomic E-state index is 0. The van der Waals surface area contributed by atoms with E-state index in [1.54, 1.807) is 4.90 Å².